The Balaban J connectivity index is 2.82. The lowest BCUT2D eigenvalue weighted by atomic mass is 10.1. The molecule has 0 fully saturated rings. The number of aliphatic hydroxyl groups is 1. The Labute approximate surface area is 103 Å². The molecule has 0 saturated heterocycles. The fourth-order valence-corrected chi connectivity index (χ4v) is 1.34. The molecule has 1 aromatic carbocycles. The molecule has 0 unspecified atom stereocenters. The van der Waals surface area contributed by atoms with Gasteiger partial charge in [0.1, 0.15) is 0 Å². The Morgan fingerprint density at radius 2 is 2.12 bits per heavy atom. The second kappa shape index (κ2) is 5.65. The number of hydrogen-bond acceptors (Lipinski definition) is 3. The molecule has 0 heterocycles. The molecule has 1 rings (SSSR count). The normalized spacial score (nSPS) is 11.9. The monoisotopic (exact) mass is 257 g/mol. The minimum Gasteiger partial charge on any atom is -0.480 e. The molecule has 92 valence electrons. The summed E-state index contributed by atoms with van der Waals surface area (Å²) in [6.45, 7) is 1.12. The van der Waals surface area contributed by atoms with Crippen LogP contribution in [0, 0.1) is 6.92 Å². The predicted molar refractivity (Wildman–Crippen MR) is 62.2 cm³/mol. The van der Waals surface area contributed by atoms with Crippen molar-refractivity contribution >= 4 is 23.5 Å². The van der Waals surface area contributed by atoms with Crippen LogP contribution in [0.15, 0.2) is 18.2 Å². The van der Waals surface area contributed by atoms with E-state index in [0.717, 1.165) is 5.56 Å². The molecule has 1 amide bonds. The lowest BCUT2D eigenvalue weighted by Crippen LogP contribution is -2.43. The van der Waals surface area contributed by atoms with E-state index < -0.39 is 24.5 Å². The van der Waals surface area contributed by atoms with Gasteiger partial charge in [0.25, 0.3) is 5.91 Å². The van der Waals surface area contributed by atoms with Gasteiger partial charge in [0.05, 0.1) is 6.61 Å². The zero-order valence-electron chi connectivity index (χ0n) is 9.11. The van der Waals surface area contributed by atoms with Crippen LogP contribution in [-0.4, -0.2) is 34.7 Å². The van der Waals surface area contributed by atoms with E-state index in [1.165, 1.54) is 12.1 Å². The van der Waals surface area contributed by atoms with Crippen molar-refractivity contribution in [2.24, 2.45) is 0 Å². The molecule has 0 saturated carbocycles. The maximum atomic E-state index is 11.6. The summed E-state index contributed by atoms with van der Waals surface area (Å²) in [5.41, 5.74) is 1.07. The van der Waals surface area contributed by atoms with Crippen molar-refractivity contribution in [3.63, 3.8) is 0 Å². The summed E-state index contributed by atoms with van der Waals surface area (Å²) >= 11 is 5.85. The average Bonchev–Trinajstić information content (AvgIpc) is 2.28. The molecule has 0 spiro atoms. The molecule has 1 aromatic rings. The Hall–Kier alpha value is -1.59. The Bertz CT molecular complexity index is 447. The minimum atomic E-state index is -1.32. The third kappa shape index (κ3) is 3.44. The zero-order chi connectivity index (χ0) is 13.0. The lowest BCUT2D eigenvalue weighted by Gasteiger charge is -2.11. The van der Waals surface area contributed by atoms with E-state index in [2.05, 4.69) is 5.32 Å². The van der Waals surface area contributed by atoms with Crippen molar-refractivity contribution in [1.82, 2.24) is 5.32 Å². The molecule has 0 aliphatic carbocycles. The first-order valence-electron chi connectivity index (χ1n) is 4.86. The second-order valence-electron chi connectivity index (χ2n) is 3.51. The van der Waals surface area contributed by atoms with Crippen molar-refractivity contribution < 1.29 is 19.8 Å². The summed E-state index contributed by atoms with van der Waals surface area (Å²) in [7, 11) is 0. The molecule has 5 nitrogen and oxygen atoms in total. The number of halogens is 1. The van der Waals surface area contributed by atoms with Crippen LogP contribution in [0.5, 0.6) is 0 Å². The number of nitrogens with one attached hydrogen (secondary N) is 1. The number of carboxylic acids is 1. The minimum absolute atomic E-state index is 0.250. The lowest BCUT2D eigenvalue weighted by molar-refractivity contribution is -0.140. The number of hydrogen-bond donors (Lipinski definition) is 3. The molecule has 0 aromatic heterocycles. The van der Waals surface area contributed by atoms with Crippen molar-refractivity contribution in [1.29, 1.82) is 0 Å². The van der Waals surface area contributed by atoms with E-state index in [9.17, 15) is 9.59 Å². The van der Waals surface area contributed by atoms with Gasteiger partial charge in [-0.2, -0.15) is 0 Å². The van der Waals surface area contributed by atoms with Gasteiger partial charge in [0.2, 0.25) is 0 Å². The fraction of sp³-hybridized carbons (Fsp3) is 0.273. The number of carbonyl (C=O) groups excluding carboxylic acids is 1. The van der Waals surface area contributed by atoms with Gasteiger partial charge in [-0.3, -0.25) is 4.79 Å². The summed E-state index contributed by atoms with van der Waals surface area (Å²) in [5, 5.41) is 20.0. The molecule has 3 N–H and O–H groups in total. The predicted octanol–water partition coefficient (Wildman–Crippen LogP) is 0.824. The van der Waals surface area contributed by atoms with Crippen molar-refractivity contribution in [3.8, 4) is 0 Å². The zero-order valence-corrected chi connectivity index (χ0v) is 9.86. The molecular formula is C11H12ClNO4. The molecule has 0 bridgehead atoms. The summed E-state index contributed by atoms with van der Waals surface area (Å²) in [5.74, 6) is -1.88. The maximum absolute atomic E-state index is 11.6. The third-order valence-electron chi connectivity index (χ3n) is 2.22. The van der Waals surface area contributed by atoms with Crippen LogP contribution in [0.1, 0.15) is 15.9 Å². The van der Waals surface area contributed by atoms with Crippen LogP contribution < -0.4 is 5.32 Å². The molecule has 0 aliphatic rings. The van der Waals surface area contributed by atoms with Crippen molar-refractivity contribution in [2.75, 3.05) is 6.61 Å². The maximum Gasteiger partial charge on any atom is 0.328 e. The molecule has 0 radical (unpaired) electrons. The van der Waals surface area contributed by atoms with Crippen LogP contribution in [0.2, 0.25) is 5.02 Å². The van der Waals surface area contributed by atoms with E-state index in [1.807, 2.05) is 0 Å². The van der Waals surface area contributed by atoms with E-state index in [1.54, 1.807) is 13.0 Å². The third-order valence-corrected chi connectivity index (χ3v) is 2.63. The first kappa shape index (κ1) is 13.5. The summed E-state index contributed by atoms with van der Waals surface area (Å²) in [6.07, 6.45) is 0. The van der Waals surface area contributed by atoms with Crippen LogP contribution in [-0.2, 0) is 4.79 Å². The molecule has 0 aliphatic heterocycles. The van der Waals surface area contributed by atoms with E-state index in [0.29, 0.717) is 5.02 Å². The van der Waals surface area contributed by atoms with Crippen LogP contribution >= 0.6 is 11.6 Å². The van der Waals surface area contributed by atoms with Gasteiger partial charge < -0.3 is 15.5 Å². The number of benzene rings is 1. The van der Waals surface area contributed by atoms with Gasteiger partial charge in [-0.05, 0) is 24.6 Å². The quantitative estimate of drug-likeness (QED) is 0.745. The molecule has 17 heavy (non-hydrogen) atoms. The molecule has 6 heteroatoms. The SMILES string of the molecule is Cc1ccc(C(=O)N[C@H](CO)C(=O)O)cc1Cl. The van der Waals surface area contributed by atoms with E-state index in [-0.39, 0.29) is 5.56 Å². The number of rotatable bonds is 4. The van der Waals surface area contributed by atoms with Gasteiger partial charge in [-0.15, -0.1) is 0 Å². The van der Waals surface area contributed by atoms with Crippen molar-refractivity contribution in [3.05, 3.63) is 34.3 Å². The average molecular weight is 258 g/mol. The fourth-order valence-electron chi connectivity index (χ4n) is 1.16. The van der Waals surface area contributed by atoms with Crippen LogP contribution in [0.3, 0.4) is 0 Å². The summed E-state index contributed by atoms with van der Waals surface area (Å²) in [6, 6.07) is 3.32. The second-order valence-corrected chi connectivity index (χ2v) is 3.92. The summed E-state index contributed by atoms with van der Waals surface area (Å²) in [4.78, 5) is 22.3. The number of aliphatic hydroxyl groups excluding tert-OH is 1. The topological polar surface area (TPSA) is 86.6 Å². The van der Waals surface area contributed by atoms with Gasteiger partial charge in [-0.1, -0.05) is 17.7 Å². The molecular weight excluding hydrogens is 246 g/mol. The largest absolute Gasteiger partial charge is 0.480 e. The highest BCUT2D eigenvalue weighted by Crippen LogP contribution is 2.16. The Morgan fingerprint density at radius 3 is 2.59 bits per heavy atom. The number of amides is 1. The van der Waals surface area contributed by atoms with Crippen molar-refractivity contribution in [2.45, 2.75) is 13.0 Å². The van der Waals surface area contributed by atoms with Gasteiger partial charge in [0, 0.05) is 10.6 Å². The highest BCUT2D eigenvalue weighted by molar-refractivity contribution is 6.31. The van der Waals surface area contributed by atoms with Gasteiger partial charge in [-0.25, -0.2) is 4.79 Å². The van der Waals surface area contributed by atoms with Gasteiger partial charge in [0.15, 0.2) is 6.04 Å². The van der Waals surface area contributed by atoms with Crippen LogP contribution in [0.4, 0.5) is 0 Å². The van der Waals surface area contributed by atoms with Crippen LogP contribution in [0.25, 0.3) is 0 Å². The first-order chi connectivity index (χ1) is 7.95. The number of aryl methyl sites for hydroxylation is 1. The Kier molecular flexibility index (Phi) is 4.48. The Morgan fingerprint density at radius 1 is 1.47 bits per heavy atom. The first-order valence-corrected chi connectivity index (χ1v) is 5.24. The number of aliphatic carboxylic acids is 1. The van der Waals surface area contributed by atoms with E-state index in [4.69, 9.17) is 21.8 Å². The van der Waals surface area contributed by atoms with Gasteiger partial charge >= 0.3 is 5.97 Å². The highest BCUT2D eigenvalue weighted by Gasteiger charge is 2.19. The number of carboxylic acid groups (broad SMARTS) is 1. The van der Waals surface area contributed by atoms with E-state index >= 15 is 0 Å². The summed E-state index contributed by atoms with van der Waals surface area (Å²) < 4.78 is 0. The highest BCUT2D eigenvalue weighted by atomic mass is 35.5. The smallest absolute Gasteiger partial charge is 0.328 e. The number of carbonyl (C=O) groups is 2. The molecule has 1 atom stereocenters. The standard InChI is InChI=1S/C11H12ClNO4/c1-6-2-3-7(4-8(6)12)10(15)13-9(5-14)11(16)17/h2-4,9,14H,5H2,1H3,(H,13,15)(H,16,17)/t9-/m1/s1.